The van der Waals surface area contributed by atoms with Gasteiger partial charge in [0.15, 0.2) is 11.6 Å². The molecule has 0 aliphatic rings. The molecular formula is C13H15F2NO3. The maximum atomic E-state index is 13.0. The van der Waals surface area contributed by atoms with Crippen molar-refractivity contribution >= 4 is 11.9 Å². The molecule has 1 amide bonds. The molecule has 1 aromatic rings. The van der Waals surface area contributed by atoms with Crippen molar-refractivity contribution < 1.29 is 23.5 Å². The number of aliphatic carboxylic acids is 1. The van der Waals surface area contributed by atoms with Crippen LogP contribution in [-0.2, 0) is 16.0 Å². The van der Waals surface area contributed by atoms with Gasteiger partial charge in [-0.3, -0.25) is 9.59 Å². The number of benzene rings is 1. The van der Waals surface area contributed by atoms with E-state index in [-0.39, 0.29) is 18.7 Å². The highest BCUT2D eigenvalue weighted by atomic mass is 19.2. The van der Waals surface area contributed by atoms with E-state index < -0.39 is 17.6 Å². The first-order valence-corrected chi connectivity index (χ1v) is 5.80. The Balaban J connectivity index is 2.49. The summed E-state index contributed by atoms with van der Waals surface area (Å²) in [6.45, 7) is 0.314. The van der Waals surface area contributed by atoms with Gasteiger partial charge in [0.1, 0.15) is 0 Å². The molecule has 0 radical (unpaired) electrons. The Kier molecular flexibility index (Phi) is 5.41. The average Bonchev–Trinajstić information content (AvgIpc) is 2.33. The molecule has 0 aliphatic carbocycles. The molecule has 0 unspecified atom stereocenters. The molecule has 0 atom stereocenters. The first-order chi connectivity index (χ1) is 8.90. The molecule has 0 saturated heterocycles. The van der Waals surface area contributed by atoms with Gasteiger partial charge in [-0.25, -0.2) is 8.78 Å². The lowest BCUT2D eigenvalue weighted by atomic mass is 10.1. The van der Waals surface area contributed by atoms with Gasteiger partial charge in [-0.2, -0.15) is 0 Å². The van der Waals surface area contributed by atoms with Crippen molar-refractivity contribution in [1.82, 2.24) is 4.90 Å². The van der Waals surface area contributed by atoms with Gasteiger partial charge in [-0.1, -0.05) is 6.07 Å². The maximum Gasteiger partial charge on any atom is 0.303 e. The summed E-state index contributed by atoms with van der Waals surface area (Å²) >= 11 is 0. The van der Waals surface area contributed by atoms with Crippen LogP contribution in [0.3, 0.4) is 0 Å². The van der Waals surface area contributed by atoms with Gasteiger partial charge in [-0.15, -0.1) is 0 Å². The van der Waals surface area contributed by atoms with E-state index in [1.54, 1.807) is 7.05 Å². The number of halogens is 2. The van der Waals surface area contributed by atoms with Crippen LogP contribution in [-0.4, -0.2) is 35.5 Å². The zero-order chi connectivity index (χ0) is 14.4. The molecule has 19 heavy (non-hydrogen) atoms. The summed E-state index contributed by atoms with van der Waals surface area (Å²) in [5.74, 6) is -3.12. The second-order valence-corrected chi connectivity index (χ2v) is 4.24. The first kappa shape index (κ1) is 15.1. The molecule has 0 bridgehead atoms. The SMILES string of the molecule is CN(CCCC(=O)O)C(=O)Cc1ccc(F)c(F)c1. The lowest BCUT2D eigenvalue weighted by molar-refractivity contribution is -0.138. The molecule has 1 N–H and O–H groups in total. The molecule has 104 valence electrons. The van der Waals surface area contributed by atoms with Crippen molar-refractivity contribution in [3.05, 3.63) is 35.4 Å². The van der Waals surface area contributed by atoms with E-state index >= 15 is 0 Å². The smallest absolute Gasteiger partial charge is 0.303 e. The van der Waals surface area contributed by atoms with Gasteiger partial charge in [0, 0.05) is 20.0 Å². The minimum absolute atomic E-state index is 0.0111. The molecule has 0 aliphatic heterocycles. The summed E-state index contributed by atoms with van der Waals surface area (Å²) in [5, 5.41) is 8.48. The van der Waals surface area contributed by atoms with Crippen LogP contribution in [0, 0.1) is 11.6 Å². The predicted molar refractivity (Wildman–Crippen MR) is 64.6 cm³/mol. The lowest BCUT2D eigenvalue weighted by Gasteiger charge is -2.16. The normalized spacial score (nSPS) is 10.3. The van der Waals surface area contributed by atoms with E-state index in [4.69, 9.17) is 5.11 Å². The Bertz CT molecular complexity index is 477. The standard InChI is InChI=1S/C13H15F2NO3/c1-16(6-2-3-13(18)19)12(17)8-9-4-5-10(14)11(15)7-9/h4-5,7H,2-3,6,8H2,1H3,(H,18,19). The number of nitrogens with zero attached hydrogens (tertiary/aromatic N) is 1. The number of carboxylic acids is 1. The Hall–Kier alpha value is -1.98. The summed E-state index contributed by atoms with van der Waals surface area (Å²) in [4.78, 5) is 23.5. The molecular weight excluding hydrogens is 256 g/mol. The highest BCUT2D eigenvalue weighted by molar-refractivity contribution is 5.78. The number of carbonyl (C=O) groups excluding carboxylic acids is 1. The van der Waals surface area contributed by atoms with Crippen LogP contribution in [0.25, 0.3) is 0 Å². The largest absolute Gasteiger partial charge is 0.481 e. The molecule has 6 heteroatoms. The summed E-state index contributed by atoms with van der Waals surface area (Å²) in [7, 11) is 1.55. The Morgan fingerprint density at radius 3 is 2.53 bits per heavy atom. The fourth-order valence-electron chi connectivity index (χ4n) is 1.55. The van der Waals surface area contributed by atoms with Gasteiger partial charge in [-0.05, 0) is 24.1 Å². The van der Waals surface area contributed by atoms with E-state index in [9.17, 15) is 18.4 Å². The fourth-order valence-corrected chi connectivity index (χ4v) is 1.55. The quantitative estimate of drug-likeness (QED) is 0.858. The molecule has 0 fully saturated rings. The molecule has 0 spiro atoms. The van der Waals surface area contributed by atoms with Gasteiger partial charge in [0.05, 0.1) is 6.42 Å². The Morgan fingerprint density at radius 2 is 1.95 bits per heavy atom. The number of likely N-dealkylation sites (N-methyl/N-ethyl adjacent to an activating group) is 1. The zero-order valence-electron chi connectivity index (χ0n) is 10.5. The third-order valence-corrected chi connectivity index (χ3v) is 2.65. The summed E-state index contributed by atoms with van der Waals surface area (Å²) in [6, 6.07) is 3.31. The predicted octanol–water partition coefficient (Wildman–Crippen LogP) is 1.83. The first-order valence-electron chi connectivity index (χ1n) is 5.80. The van der Waals surface area contributed by atoms with E-state index in [2.05, 4.69) is 0 Å². The molecule has 0 heterocycles. The number of hydrogen-bond acceptors (Lipinski definition) is 2. The van der Waals surface area contributed by atoms with Crippen LogP contribution in [0.2, 0.25) is 0 Å². The highest BCUT2D eigenvalue weighted by Crippen LogP contribution is 2.10. The molecule has 1 aromatic carbocycles. The number of amides is 1. The second-order valence-electron chi connectivity index (χ2n) is 4.24. The highest BCUT2D eigenvalue weighted by Gasteiger charge is 2.11. The monoisotopic (exact) mass is 271 g/mol. The fraction of sp³-hybridized carbons (Fsp3) is 0.385. The van der Waals surface area contributed by atoms with Crippen LogP contribution in [0.1, 0.15) is 18.4 Å². The number of carboxylic acid groups (broad SMARTS) is 1. The van der Waals surface area contributed by atoms with Gasteiger partial charge in [0.25, 0.3) is 0 Å². The summed E-state index contributed by atoms with van der Waals surface area (Å²) in [5.41, 5.74) is 0.383. The molecule has 1 rings (SSSR count). The van der Waals surface area contributed by atoms with E-state index in [0.29, 0.717) is 18.5 Å². The van der Waals surface area contributed by atoms with Gasteiger partial charge < -0.3 is 10.0 Å². The van der Waals surface area contributed by atoms with Crippen molar-refractivity contribution in [2.45, 2.75) is 19.3 Å². The maximum absolute atomic E-state index is 13.0. The van der Waals surface area contributed by atoms with Crippen LogP contribution < -0.4 is 0 Å². The summed E-state index contributed by atoms with van der Waals surface area (Å²) in [6.07, 6.45) is 0.304. The average molecular weight is 271 g/mol. The molecule has 0 aromatic heterocycles. The Labute approximate surface area is 109 Å². The van der Waals surface area contributed by atoms with E-state index in [1.807, 2.05) is 0 Å². The Morgan fingerprint density at radius 1 is 1.26 bits per heavy atom. The van der Waals surface area contributed by atoms with Crippen molar-refractivity contribution in [3.8, 4) is 0 Å². The molecule has 0 saturated carbocycles. The zero-order valence-corrected chi connectivity index (χ0v) is 10.5. The lowest BCUT2D eigenvalue weighted by Crippen LogP contribution is -2.29. The van der Waals surface area contributed by atoms with Crippen molar-refractivity contribution in [2.75, 3.05) is 13.6 Å². The van der Waals surface area contributed by atoms with E-state index in [0.717, 1.165) is 12.1 Å². The van der Waals surface area contributed by atoms with Crippen LogP contribution in [0.5, 0.6) is 0 Å². The van der Waals surface area contributed by atoms with E-state index in [1.165, 1.54) is 11.0 Å². The second kappa shape index (κ2) is 6.82. The van der Waals surface area contributed by atoms with Crippen LogP contribution >= 0.6 is 0 Å². The van der Waals surface area contributed by atoms with Crippen molar-refractivity contribution in [3.63, 3.8) is 0 Å². The van der Waals surface area contributed by atoms with Crippen molar-refractivity contribution in [2.24, 2.45) is 0 Å². The minimum Gasteiger partial charge on any atom is -0.481 e. The number of hydrogen-bond donors (Lipinski definition) is 1. The van der Waals surface area contributed by atoms with Gasteiger partial charge >= 0.3 is 5.97 Å². The minimum atomic E-state index is -0.987. The van der Waals surface area contributed by atoms with Crippen LogP contribution in [0.15, 0.2) is 18.2 Å². The third-order valence-electron chi connectivity index (χ3n) is 2.65. The van der Waals surface area contributed by atoms with Gasteiger partial charge in [0.2, 0.25) is 5.91 Å². The third kappa shape index (κ3) is 5.03. The van der Waals surface area contributed by atoms with Crippen molar-refractivity contribution in [1.29, 1.82) is 0 Å². The summed E-state index contributed by atoms with van der Waals surface area (Å²) < 4.78 is 25.7. The molecule has 4 nitrogen and oxygen atoms in total. The number of rotatable bonds is 6. The van der Waals surface area contributed by atoms with Crippen LogP contribution in [0.4, 0.5) is 8.78 Å². The number of carbonyl (C=O) groups is 2. The topological polar surface area (TPSA) is 57.6 Å².